The number of carbonyl (C=O) groups excluding carboxylic acids is 1. The lowest BCUT2D eigenvalue weighted by molar-refractivity contribution is 0.0943. The number of benzene rings is 2. The lowest BCUT2D eigenvalue weighted by Crippen LogP contribution is -2.24. The molecule has 136 valence electrons. The monoisotopic (exact) mass is 362 g/mol. The summed E-state index contributed by atoms with van der Waals surface area (Å²) in [5.74, 6) is 0.505. The molecule has 1 N–H and O–H groups in total. The summed E-state index contributed by atoms with van der Waals surface area (Å²) < 4.78 is 12.2. The van der Waals surface area contributed by atoms with E-state index < -0.39 is 5.63 Å². The lowest BCUT2D eigenvalue weighted by Gasteiger charge is -2.08. The van der Waals surface area contributed by atoms with E-state index in [1.165, 1.54) is 0 Å². The number of methoxy groups -OCH3 is 1. The Bertz CT molecular complexity index is 1200. The van der Waals surface area contributed by atoms with Crippen LogP contribution in [0.1, 0.15) is 16.1 Å². The molecule has 27 heavy (non-hydrogen) atoms. The fourth-order valence-electron chi connectivity index (χ4n) is 3.22. The third-order valence-electron chi connectivity index (χ3n) is 4.64. The SMILES string of the molecule is COc1ccc(CNC(=O)c2cc3c(=O)oc4ccccc4c3n2C)cc1. The average molecular weight is 362 g/mol. The van der Waals surface area contributed by atoms with Crippen LogP contribution in [0, 0.1) is 0 Å². The Balaban J connectivity index is 1.67. The zero-order valence-corrected chi connectivity index (χ0v) is 15.0. The molecule has 0 bridgehead atoms. The summed E-state index contributed by atoms with van der Waals surface area (Å²) in [7, 11) is 3.38. The maximum absolute atomic E-state index is 12.7. The topological polar surface area (TPSA) is 73.5 Å². The van der Waals surface area contributed by atoms with Crippen molar-refractivity contribution in [2.75, 3.05) is 7.11 Å². The molecular weight excluding hydrogens is 344 g/mol. The zero-order chi connectivity index (χ0) is 19.0. The molecule has 2 aromatic carbocycles. The van der Waals surface area contributed by atoms with Gasteiger partial charge in [0.25, 0.3) is 5.91 Å². The Labute approximate surface area is 155 Å². The first kappa shape index (κ1) is 16.9. The van der Waals surface area contributed by atoms with E-state index >= 15 is 0 Å². The number of hydrogen-bond donors (Lipinski definition) is 1. The fraction of sp³-hybridized carbons (Fsp3) is 0.143. The summed E-state index contributed by atoms with van der Waals surface area (Å²) in [5.41, 5.74) is 2.10. The number of nitrogens with one attached hydrogen (secondary N) is 1. The maximum atomic E-state index is 12.7. The molecule has 6 heteroatoms. The summed E-state index contributed by atoms with van der Waals surface area (Å²) in [4.78, 5) is 25.0. The van der Waals surface area contributed by atoms with Crippen molar-refractivity contribution in [3.8, 4) is 5.75 Å². The summed E-state index contributed by atoms with van der Waals surface area (Å²) in [5, 5.41) is 4.08. The Hall–Kier alpha value is -3.54. The predicted octanol–water partition coefficient (Wildman–Crippen LogP) is 3.22. The molecule has 0 unspecified atom stereocenters. The fourth-order valence-corrected chi connectivity index (χ4v) is 3.22. The Morgan fingerprint density at radius 1 is 1.11 bits per heavy atom. The molecule has 2 aromatic heterocycles. The summed E-state index contributed by atoms with van der Waals surface area (Å²) in [6, 6.07) is 16.3. The molecule has 2 heterocycles. The molecule has 6 nitrogen and oxygen atoms in total. The minimum atomic E-state index is -0.450. The van der Waals surface area contributed by atoms with Gasteiger partial charge in [0, 0.05) is 19.0 Å². The number of hydrogen-bond acceptors (Lipinski definition) is 4. The highest BCUT2D eigenvalue weighted by atomic mass is 16.5. The van der Waals surface area contributed by atoms with E-state index in [0.29, 0.717) is 28.7 Å². The molecule has 1 amide bonds. The second kappa shape index (κ2) is 6.64. The summed E-state index contributed by atoms with van der Waals surface area (Å²) in [6.07, 6.45) is 0. The van der Waals surface area contributed by atoms with E-state index in [9.17, 15) is 9.59 Å². The van der Waals surface area contributed by atoms with Crippen LogP contribution in [0.5, 0.6) is 5.75 Å². The smallest absolute Gasteiger partial charge is 0.345 e. The van der Waals surface area contributed by atoms with E-state index in [0.717, 1.165) is 16.7 Å². The van der Waals surface area contributed by atoms with Crippen molar-refractivity contribution in [2.45, 2.75) is 6.54 Å². The highest BCUT2D eigenvalue weighted by Crippen LogP contribution is 2.25. The molecule has 0 aliphatic heterocycles. The lowest BCUT2D eigenvalue weighted by atomic mass is 10.2. The number of nitrogens with zero attached hydrogens (tertiary/aromatic N) is 1. The van der Waals surface area contributed by atoms with Gasteiger partial charge in [0.2, 0.25) is 0 Å². The average Bonchev–Trinajstić information content (AvgIpc) is 3.05. The van der Waals surface area contributed by atoms with E-state index in [1.54, 1.807) is 30.9 Å². The first-order valence-electron chi connectivity index (χ1n) is 8.51. The number of carbonyl (C=O) groups is 1. The molecule has 0 aliphatic carbocycles. The van der Waals surface area contributed by atoms with Gasteiger partial charge < -0.3 is 19.0 Å². The van der Waals surface area contributed by atoms with Gasteiger partial charge in [0.15, 0.2) is 0 Å². The van der Waals surface area contributed by atoms with Crippen LogP contribution in [0.3, 0.4) is 0 Å². The van der Waals surface area contributed by atoms with Gasteiger partial charge in [0.1, 0.15) is 17.0 Å². The summed E-state index contributed by atoms with van der Waals surface area (Å²) >= 11 is 0. The number of aromatic nitrogens is 1. The van der Waals surface area contributed by atoms with Gasteiger partial charge in [-0.3, -0.25) is 4.79 Å². The molecule has 0 fully saturated rings. The van der Waals surface area contributed by atoms with Crippen LogP contribution >= 0.6 is 0 Å². The summed E-state index contributed by atoms with van der Waals surface area (Å²) in [6.45, 7) is 0.375. The second-order valence-electron chi connectivity index (χ2n) is 6.27. The van der Waals surface area contributed by atoms with Gasteiger partial charge in [-0.15, -0.1) is 0 Å². The van der Waals surface area contributed by atoms with E-state index in [2.05, 4.69) is 5.32 Å². The van der Waals surface area contributed by atoms with Crippen molar-refractivity contribution in [2.24, 2.45) is 7.05 Å². The molecule has 0 spiro atoms. The van der Waals surface area contributed by atoms with Gasteiger partial charge in [-0.1, -0.05) is 24.3 Å². The normalized spacial score (nSPS) is 11.0. The number of para-hydroxylation sites is 1. The van der Waals surface area contributed by atoms with Crippen LogP contribution in [0.25, 0.3) is 21.9 Å². The predicted molar refractivity (Wildman–Crippen MR) is 103 cm³/mol. The van der Waals surface area contributed by atoms with Crippen LogP contribution in [0.15, 0.2) is 63.8 Å². The minimum absolute atomic E-state index is 0.256. The van der Waals surface area contributed by atoms with Crippen molar-refractivity contribution in [3.05, 3.63) is 76.3 Å². The van der Waals surface area contributed by atoms with Crippen LogP contribution < -0.4 is 15.7 Å². The Morgan fingerprint density at radius 2 is 1.85 bits per heavy atom. The van der Waals surface area contributed by atoms with Crippen molar-refractivity contribution in [1.29, 1.82) is 0 Å². The number of fused-ring (bicyclic) bond motifs is 3. The first-order chi connectivity index (χ1) is 13.1. The minimum Gasteiger partial charge on any atom is -0.497 e. The van der Waals surface area contributed by atoms with Gasteiger partial charge in [-0.2, -0.15) is 0 Å². The van der Waals surface area contributed by atoms with Gasteiger partial charge in [-0.05, 0) is 35.9 Å². The zero-order valence-electron chi connectivity index (χ0n) is 15.0. The third-order valence-corrected chi connectivity index (χ3v) is 4.64. The second-order valence-corrected chi connectivity index (χ2v) is 6.27. The molecule has 0 aliphatic rings. The molecule has 4 aromatic rings. The molecule has 0 radical (unpaired) electrons. The Morgan fingerprint density at radius 3 is 2.59 bits per heavy atom. The van der Waals surface area contributed by atoms with Gasteiger partial charge in [-0.25, -0.2) is 4.79 Å². The number of rotatable bonds is 4. The molecule has 0 saturated carbocycles. The Kier molecular flexibility index (Phi) is 4.16. The maximum Gasteiger partial charge on any atom is 0.345 e. The van der Waals surface area contributed by atoms with Crippen molar-refractivity contribution >= 4 is 27.8 Å². The number of aryl methyl sites for hydroxylation is 1. The van der Waals surface area contributed by atoms with Gasteiger partial charge in [0.05, 0.1) is 18.0 Å². The van der Waals surface area contributed by atoms with E-state index in [1.807, 2.05) is 42.5 Å². The molecule has 4 rings (SSSR count). The third kappa shape index (κ3) is 2.95. The number of ether oxygens (including phenoxy) is 1. The van der Waals surface area contributed by atoms with Crippen molar-refractivity contribution in [1.82, 2.24) is 9.88 Å². The van der Waals surface area contributed by atoms with Crippen LogP contribution in [-0.2, 0) is 13.6 Å². The molecular formula is C21H18N2O4. The van der Waals surface area contributed by atoms with Crippen LogP contribution in [0.4, 0.5) is 0 Å². The highest BCUT2D eigenvalue weighted by molar-refractivity contribution is 6.07. The van der Waals surface area contributed by atoms with Crippen LogP contribution in [-0.4, -0.2) is 17.6 Å². The quantitative estimate of drug-likeness (QED) is 0.566. The van der Waals surface area contributed by atoms with E-state index in [-0.39, 0.29) is 5.91 Å². The molecule has 0 saturated heterocycles. The van der Waals surface area contributed by atoms with Crippen molar-refractivity contribution < 1.29 is 13.9 Å². The first-order valence-corrected chi connectivity index (χ1v) is 8.51. The molecule has 0 atom stereocenters. The largest absolute Gasteiger partial charge is 0.497 e. The van der Waals surface area contributed by atoms with Gasteiger partial charge >= 0.3 is 5.63 Å². The van der Waals surface area contributed by atoms with Crippen LogP contribution in [0.2, 0.25) is 0 Å². The van der Waals surface area contributed by atoms with Crippen molar-refractivity contribution in [3.63, 3.8) is 0 Å². The highest BCUT2D eigenvalue weighted by Gasteiger charge is 2.18. The van der Waals surface area contributed by atoms with E-state index in [4.69, 9.17) is 9.15 Å². The standard InChI is InChI=1S/C21H18N2O4/c1-23-17(20(24)22-12-13-7-9-14(26-2)10-8-13)11-16-19(23)15-5-3-4-6-18(15)27-21(16)25/h3-11H,12H2,1-2H3,(H,22,24). The number of amides is 1.